The molecule has 0 unspecified atom stereocenters. The number of hydrogen-bond acceptors (Lipinski definition) is 6. The number of nitrogens with one attached hydrogen (secondary N) is 2. The third-order valence-electron chi connectivity index (χ3n) is 3.57. The minimum atomic E-state index is -1.08. The lowest BCUT2D eigenvalue weighted by Gasteiger charge is -2.13. The summed E-state index contributed by atoms with van der Waals surface area (Å²) in [6.07, 6.45) is 0. The summed E-state index contributed by atoms with van der Waals surface area (Å²) in [5, 5.41) is 15.9. The Balaban J connectivity index is 1.87. The lowest BCUT2D eigenvalue weighted by molar-refractivity contribution is -0.384. The first-order valence-corrected chi connectivity index (χ1v) is 9.31. The molecule has 0 aliphatic carbocycles. The van der Waals surface area contributed by atoms with Crippen LogP contribution in [0.2, 0.25) is 5.02 Å². The summed E-state index contributed by atoms with van der Waals surface area (Å²) < 4.78 is 5.61. The van der Waals surface area contributed by atoms with Crippen LogP contribution < -0.4 is 10.6 Å². The standard InChI is InChI=1S/C18H15BrClN3O6/c1-10(21-17(25)11-3-2-4-13(7-11)23(27)28)18(26)29-9-16(24)22-15-6-5-12(19)8-14(15)20/h2-8,10H,9H2,1H3,(H,21,25)(H,22,24)/t10-/m0/s1. The molecule has 11 heteroatoms. The number of rotatable bonds is 7. The molecule has 0 bridgehead atoms. The van der Waals surface area contributed by atoms with Crippen molar-refractivity contribution < 1.29 is 24.0 Å². The second-order valence-electron chi connectivity index (χ2n) is 5.78. The van der Waals surface area contributed by atoms with Crippen molar-refractivity contribution in [1.82, 2.24) is 5.32 Å². The number of non-ortho nitro benzene ring substituents is 1. The van der Waals surface area contributed by atoms with Crippen LogP contribution in [0.1, 0.15) is 17.3 Å². The molecule has 0 aliphatic rings. The molecule has 0 fully saturated rings. The van der Waals surface area contributed by atoms with E-state index in [1.165, 1.54) is 25.1 Å². The van der Waals surface area contributed by atoms with Gasteiger partial charge in [-0.15, -0.1) is 0 Å². The van der Waals surface area contributed by atoms with Gasteiger partial charge in [0.05, 0.1) is 15.6 Å². The predicted octanol–water partition coefficient (Wildman–Crippen LogP) is 3.31. The fourth-order valence-corrected chi connectivity index (χ4v) is 2.86. The maximum absolute atomic E-state index is 12.1. The highest BCUT2D eigenvalue weighted by Gasteiger charge is 2.20. The number of amides is 2. The zero-order valence-corrected chi connectivity index (χ0v) is 17.3. The van der Waals surface area contributed by atoms with Crippen LogP contribution >= 0.6 is 27.5 Å². The van der Waals surface area contributed by atoms with Gasteiger partial charge in [-0.25, -0.2) is 4.79 Å². The number of halogens is 2. The van der Waals surface area contributed by atoms with Crippen LogP contribution in [0.5, 0.6) is 0 Å². The van der Waals surface area contributed by atoms with E-state index < -0.39 is 35.4 Å². The molecule has 2 amide bonds. The molecule has 0 radical (unpaired) electrons. The van der Waals surface area contributed by atoms with Crippen molar-refractivity contribution in [3.63, 3.8) is 0 Å². The summed E-state index contributed by atoms with van der Waals surface area (Å²) in [6.45, 7) is 0.781. The van der Waals surface area contributed by atoms with Gasteiger partial charge in [0, 0.05) is 22.2 Å². The predicted molar refractivity (Wildman–Crippen MR) is 109 cm³/mol. The van der Waals surface area contributed by atoms with Gasteiger partial charge < -0.3 is 15.4 Å². The van der Waals surface area contributed by atoms with Gasteiger partial charge in [-0.2, -0.15) is 0 Å². The number of esters is 1. The van der Waals surface area contributed by atoms with E-state index in [9.17, 15) is 24.5 Å². The van der Waals surface area contributed by atoms with Crippen LogP contribution in [0, 0.1) is 10.1 Å². The first-order chi connectivity index (χ1) is 13.7. The van der Waals surface area contributed by atoms with Crippen LogP contribution in [-0.4, -0.2) is 35.4 Å². The molecule has 0 saturated carbocycles. The van der Waals surface area contributed by atoms with E-state index in [1.54, 1.807) is 18.2 Å². The van der Waals surface area contributed by atoms with Gasteiger partial charge in [-0.1, -0.05) is 33.6 Å². The van der Waals surface area contributed by atoms with Crippen LogP contribution in [0.4, 0.5) is 11.4 Å². The van der Waals surface area contributed by atoms with Crippen molar-refractivity contribution in [3.8, 4) is 0 Å². The van der Waals surface area contributed by atoms with Crippen molar-refractivity contribution in [2.75, 3.05) is 11.9 Å². The maximum atomic E-state index is 12.1. The van der Waals surface area contributed by atoms with E-state index in [-0.39, 0.29) is 11.3 Å². The highest BCUT2D eigenvalue weighted by Crippen LogP contribution is 2.25. The molecule has 1 atom stereocenters. The molecule has 0 saturated heterocycles. The average Bonchev–Trinajstić information content (AvgIpc) is 2.68. The van der Waals surface area contributed by atoms with Gasteiger partial charge in [-0.3, -0.25) is 19.7 Å². The Morgan fingerprint density at radius 3 is 2.62 bits per heavy atom. The monoisotopic (exact) mass is 483 g/mol. The van der Waals surface area contributed by atoms with Crippen molar-refractivity contribution in [3.05, 3.63) is 67.6 Å². The Hall–Kier alpha value is -2.98. The highest BCUT2D eigenvalue weighted by atomic mass is 79.9. The third kappa shape index (κ3) is 6.54. The van der Waals surface area contributed by atoms with Crippen molar-refractivity contribution >= 4 is 56.7 Å². The molecule has 2 aromatic carbocycles. The summed E-state index contributed by atoms with van der Waals surface area (Å²) in [7, 11) is 0. The lowest BCUT2D eigenvalue weighted by Crippen LogP contribution is -2.40. The van der Waals surface area contributed by atoms with E-state index in [1.807, 2.05) is 0 Å². The highest BCUT2D eigenvalue weighted by molar-refractivity contribution is 9.10. The number of nitro groups is 1. The summed E-state index contributed by atoms with van der Waals surface area (Å²) in [5.41, 5.74) is 0.112. The molecule has 152 valence electrons. The third-order valence-corrected chi connectivity index (χ3v) is 4.38. The van der Waals surface area contributed by atoms with Crippen molar-refractivity contribution in [2.45, 2.75) is 13.0 Å². The van der Waals surface area contributed by atoms with Gasteiger partial charge in [0.1, 0.15) is 6.04 Å². The molecule has 9 nitrogen and oxygen atoms in total. The smallest absolute Gasteiger partial charge is 0.328 e. The number of carbonyl (C=O) groups is 3. The number of anilines is 1. The number of nitro benzene ring substituents is 1. The Labute approximate surface area is 178 Å². The fraction of sp³-hybridized carbons (Fsp3) is 0.167. The second kappa shape index (κ2) is 9.99. The quantitative estimate of drug-likeness (QED) is 0.352. The zero-order valence-electron chi connectivity index (χ0n) is 15.0. The Morgan fingerprint density at radius 2 is 1.97 bits per heavy atom. The summed E-state index contributed by atoms with van der Waals surface area (Å²) in [5.74, 6) is -2.15. The molecular weight excluding hydrogens is 470 g/mol. The number of ether oxygens (including phenoxy) is 1. The molecule has 2 aromatic rings. The molecule has 2 rings (SSSR count). The van der Waals surface area contributed by atoms with E-state index in [0.717, 1.165) is 10.5 Å². The number of nitrogens with zero attached hydrogens (tertiary/aromatic N) is 1. The van der Waals surface area contributed by atoms with Crippen LogP contribution in [0.15, 0.2) is 46.9 Å². The maximum Gasteiger partial charge on any atom is 0.328 e. The minimum absolute atomic E-state index is 0.0153. The zero-order chi connectivity index (χ0) is 21.6. The molecule has 0 aliphatic heterocycles. The van der Waals surface area contributed by atoms with E-state index in [4.69, 9.17) is 16.3 Å². The Morgan fingerprint density at radius 1 is 1.24 bits per heavy atom. The lowest BCUT2D eigenvalue weighted by atomic mass is 10.2. The van der Waals surface area contributed by atoms with Gasteiger partial charge in [0.2, 0.25) is 0 Å². The molecular formula is C18H15BrClN3O6. The van der Waals surface area contributed by atoms with Crippen molar-refractivity contribution in [2.24, 2.45) is 0 Å². The number of carbonyl (C=O) groups excluding carboxylic acids is 3. The molecule has 2 N–H and O–H groups in total. The van der Waals surface area contributed by atoms with Crippen molar-refractivity contribution in [1.29, 1.82) is 0 Å². The largest absolute Gasteiger partial charge is 0.454 e. The first kappa shape index (κ1) is 22.3. The normalized spacial score (nSPS) is 11.3. The number of hydrogen-bond donors (Lipinski definition) is 2. The molecule has 0 heterocycles. The number of benzene rings is 2. The summed E-state index contributed by atoms with van der Waals surface area (Å²) in [6, 6.07) is 8.82. The van der Waals surface area contributed by atoms with Gasteiger partial charge in [0.25, 0.3) is 17.5 Å². The van der Waals surface area contributed by atoms with E-state index in [0.29, 0.717) is 10.7 Å². The Kier molecular flexibility index (Phi) is 7.68. The van der Waals surface area contributed by atoms with Crippen LogP contribution in [0.3, 0.4) is 0 Å². The topological polar surface area (TPSA) is 128 Å². The molecule has 0 spiro atoms. The van der Waals surface area contributed by atoms with E-state index >= 15 is 0 Å². The van der Waals surface area contributed by atoms with Crippen LogP contribution in [0.25, 0.3) is 0 Å². The van der Waals surface area contributed by atoms with Gasteiger partial charge >= 0.3 is 5.97 Å². The Bertz CT molecular complexity index is 968. The minimum Gasteiger partial charge on any atom is -0.454 e. The fourth-order valence-electron chi connectivity index (χ4n) is 2.14. The average molecular weight is 485 g/mol. The first-order valence-electron chi connectivity index (χ1n) is 8.14. The summed E-state index contributed by atoms with van der Waals surface area (Å²) >= 11 is 9.23. The second-order valence-corrected chi connectivity index (χ2v) is 7.11. The van der Waals surface area contributed by atoms with Crippen LogP contribution in [-0.2, 0) is 14.3 Å². The summed E-state index contributed by atoms with van der Waals surface area (Å²) in [4.78, 5) is 46.2. The van der Waals surface area contributed by atoms with E-state index in [2.05, 4.69) is 26.6 Å². The van der Waals surface area contributed by atoms with Gasteiger partial charge in [0.15, 0.2) is 6.61 Å². The molecule has 29 heavy (non-hydrogen) atoms. The molecule has 0 aromatic heterocycles. The SMILES string of the molecule is C[C@H](NC(=O)c1cccc([N+](=O)[O-])c1)C(=O)OCC(=O)Nc1ccc(Br)cc1Cl. The van der Waals surface area contributed by atoms with Gasteiger partial charge in [-0.05, 0) is 31.2 Å².